The topological polar surface area (TPSA) is 0 Å². The highest BCUT2D eigenvalue weighted by Crippen LogP contribution is 2.39. The van der Waals surface area contributed by atoms with Gasteiger partial charge in [-0.2, -0.15) is 0 Å². The maximum Gasteiger partial charge on any atom is -0.00939 e. The maximum absolute atomic E-state index is 2.40. The van der Waals surface area contributed by atoms with Crippen LogP contribution in [0.3, 0.4) is 0 Å². The fourth-order valence-corrected chi connectivity index (χ4v) is 4.90. The summed E-state index contributed by atoms with van der Waals surface area (Å²) in [6.07, 6.45) is 0. The van der Waals surface area contributed by atoms with Gasteiger partial charge >= 0.3 is 0 Å². The van der Waals surface area contributed by atoms with Crippen LogP contribution in [0.15, 0.2) is 60.7 Å². The van der Waals surface area contributed by atoms with E-state index in [9.17, 15) is 0 Å². The second-order valence-electron chi connectivity index (χ2n) is 8.29. The molecule has 0 saturated heterocycles. The van der Waals surface area contributed by atoms with Crippen LogP contribution in [0.1, 0.15) is 33.4 Å². The van der Waals surface area contributed by atoms with Gasteiger partial charge in [-0.3, -0.25) is 0 Å². The first kappa shape index (κ1) is 18.5. The van der Waals surface area contributed by atoms with Crippen LogP contribution in [-0.4, -0.2) is 0 Å². The quantitative estimate of drug-likeness (QED) is 0.338. The van der Waals surface area contributed by atoms with E-state index in [0.29, 0.717) is 0 Å². The number of hydrogen-bond donors (Lipinski definition) is 0. The summed E-state index contributed by atoms with van der Waals surface area (Å²) in [4.78, 5) is 0. The summed E-state index contributed by atoms with van der Waals surface area (Å²) in [6.45, 7) is 13.3. The average Bonchev–Trinajstić information content (AvgIpc) is 2.60. The van der Waals surface area contributed by atoms with Crippen molar-refractivity contribution in [2.24, 2.45) is 0 Å². The molecule has 0 N–H and O–H groups in total. The van der Waals surface area contributed by atoms with Crippen LogP contribution in [0.4, 0.5) is 0 Å². The Bertz CT molecular complexity index is 1160. The van der Waals surface area contributed by atoms with Gasteiger partial charge in [0.25, 0.3) is 0 Å². The predicted octanol–water partition coefficient (Wildman–Crippen LogP) is 8.02. The van der Waals surface area contributed by atoms with E-state index in [1.54, 1.807) is 0 Å². The molecule has 0 heteroatoms. The van der Waals surface area contributed by atoms with Crippen LogP contribution in [0.2, 0.25) is 0 Å². The molecule has 0 heterocycles. The lowest BCUT2D eigenvalue weighted by Gasteiger charge is -2.18. The molecule has 4 rings (SSSR count). The van der Waals surface area contributed by atoms with Gasteiger partial charge in [-0.1, -0.05) is 59.7 Å². The second kappa shape index (κ2) is 6.95. The van der Waals surface area contributed by atoms with Crippen molar-refractivity contribution in [3.63, 3.8) is 0 Å². The SMILES string of the molecule is Cc1cc(C)c(-c2cc(-c3c(C)cc(C)cc3C)c3ccccc3c2)c(C)c1. The Kier molecular flexibility index (Phi) is 4.59. The molecule has 0 bridgehead atoms. The lowest BCUT2D eigenvalue weighted by molar-refractivity contribution is 1.31. The molecule has 4 aromatic carbocycles. The predicted molar refractivity (Wildman–Crippen MR) is 123 cm³/mol. The van der Waals surface area contributed by atoms with Gasteiger partial charge in [0.2, 0.25) is 0 Å². The Morgan fingerprint density at radius 2 is 1.00 bits per heavy atom. The van der Waals surface area contributed by atoms with Gasteiger partial charge in [-0.05, 0) is 109 Å². The molecule has 0 amide bonds. The van der Waals surface area contributed by atoms with Crippen molar-refractivity contribution in [2.45, 2.75) is 41.5 Å². The maximum atomic E-state index is 2.40. The van der Waals surface area contributed by atoms with E-state index in [0.717, 1.165) is 0 Å². The molecule has 0 aliphatic carbocycles. The Hall–Kier alpha value is -2.86. The van der Waals surface area contributed by atoms with Crippen molar-refractivity contribution in [3.05, 3.63) is 94.0 Å². The van der Waals surface area contributed by atoms with Gasteiger partial charge in [-0.25, -0.2) is 0 Å². The molecule has 0 spiro atoms. The highest BCUT2D eigenvalue weighted by atomic mass is 14.2. The first-order valence-electron chi connectivity index (χ1n) is 10.0. The van der Waals surface area contributed by atoms with Crippen LogP contribution < -0.4 is 0 Å². The zero-order valence-electron chi connectivity index (χ0n) is 17.8. The largest absolute Gasteiger partial charge is 0.0616 e. The van der Waals surface area contributed by atoms with E-state index < -0.39 is 0 Å². The Morgan fingerprint density at radius 3 is 1.57 bits per heavy atom. The summed E-state index contributed by atoms with van der Waals surface area (Å²) >= 11 is 0. The smallest absolute Gasteiger partial charge is 0.00939 e. The molecular weight excluding hydrogens is 336 g/mol. The third-order valence-corrected chi connectivity index (χ3v) is 5.77. The van der Waals surface area contributed by atoms with Crippen molar-refractivity contribution in [2.75, 3.05) is 0 Å². The van der Waals surface area contributed by atoms with E-state index in [-0.39, 0.29) is 0 Å². The van der Waals surface area contributed by atoms with Gasteiger partial charge < -0.3 is 0 Å². The van der Waals surface area contributed by atoms with Crippen molar-refractivity contribution in [3.8, 4) is 22.3 Å². The zero-order valence-corrected chi connectivity index (χ0v) is 17.8. The lowest BCUT2D eigenvalue weighted by Crippen LogP contribution is -1.94. The van der Waals surface area contributed by atoms with E-state index in [2.05, 4.69) is 102 Å². The highest BCUT2D eigenvalue weighted by Gasteiger charge is 2.14. The Labute approximate surface area is 168 Å². The van der Waals surface area contributed by atoms with Crippen molar-refractivity contribution < 1.29 is 0 Å². The molecule has 0 aliphatic rings. The molecule has 0 atom stereocenters. The monoisotopic (exact) mass is 364 g/mol. The number of benzene rings is 4. The van der Waals surface area contributed by atoms with Crippen LogP contribution in [-0.2, 0) is 0 Å². The minimum atomic E-state index is 1.30. The van der Waals surface area contributed by atoms with Crippen LogP contribution in [0.25, 0.3) is 33.0 Å². The van der Waals surface area contributed by atoms with Gasteiger partial charge in [-0.15, -0.1) is 0 Å². The number of hydrogen-bond acceptors (Lipinski definition) is 0. The fraction of sp³-hybridized carbons (Fsp3) is 0.214. The number of fused-ring (bicyclic) bond motifs is 1. The van der Waals surface area contributed by atoms with Gasteiger partial charge in [0, 0.05) is 0 Å². The Morgan fingerprint density at radius 1 is 0.500 bits per heavy atom. The van der Waals surface area contributed by atoms with Crippen molar-refractivity contribution in [1.29, 1.82) is 0 Å². The summed E-state index contributed by atoms with van der Waals surface area (Å²) in [6, 6.07) is 22.7. The normalized spacial score (nSPS) is 11.2. The van der Waals surface area contributed by atoms with Crippen molar-refractivity contribution in [1.82, 2.24) is 0 Å². The van der Waals surface area contributed by atoms with E-state index in [1.807, 2.05) is 0 Å². The summed E-state index contributed by atoms with van der Waals surface area (Å²) in [5.74, 6) is 0. The standard InChI is InChI=1S/C28H28/c1-17-11-19(3)27(20(4)12-17)24-15-23-9-7-8-10-25(23)26(16-24)28-21(5)13-18(2)14-22(28)6/h7-16H,1-6H3. The molecule has 0 aromatic heterocycles. The minimum absolute atomic E-state index is 1.30. The van der Waals surface area contributed by atoms with Gasteiger partial charge in [0.1, 0.15) is 0 Å². The molecule has 0 radical (unpaired) electrons. The molecule has 0 fully saturated rings. The second-order valence-corrected chi connectivity index (χ2v) is 8.29. The molecule has 0 saturated carbocycles. The van der Waals surface area contributed by atoms with E-state index in [4.69, 9.17) is 0 Å². The van der Waals surface area contributed by atoms with E-state index in [1.165, 1.54) is 66.4 Å². The van der Waals surface area contributed by atoms with Crippen molar-refractivity contribution >= 4 is 10.8 Å². The molecule has 140 valence electrons. The summed E-state index contributed by atoms with van der Waals surface area (Å²) in [5, 5.41) is 2.62. The summed E-state index contributed by atoms with van der Waals surface area (Å²) < 4.78 is 0. The summed E-state index contributed by atoms with van der Waals surface area (Å²) in [7, 11) is 0. The fourth-order valence-electron chi connectivity index (χ4n) is 4.90. The Balaban J connectivity index is 2.09. The van der Waals surface area contributed by atoms with Crippen LogP contribution >= 0.6 is 0 Å². The number of rotatable bonds is 2. The highest BCUT2D eigenvalue weighted by molar-refractivity contribution is 6.01. The number of aryl methyl sites for hydroxylation is 6. The third kappa shape index (κ3) is 3.14. The molecule has 0 aliphatic heterocycles. The molecule has 0 nitrogen and oxygen atoms in total. The molecule has 28 heavy (non-hydrogen) atoms. The molecule has 0 unspecified atom stereocenters. The minimum Gasteiger partial charge on any atom is -0.0616 e. The first-order chi connectivity index (χ1) is 13.3. The van der Waals surface area contributed by atoms with Gasteiger partial charge in [0.15, 0.2) is 0 Å². The van der Waals surface area contributed by atoms with E-state index >= 15 is 0 Å². The molecular formula is C28H28. The summed E-state index contributed by atoms with van der Waals surface area (Å²) in [5.41, 5.74) is 13.4. The zero-order chi connectivity index (χ0) is 20.0. The third-order valence-electron chi connectivity index (χ3n) is 5.77. The van der Waals surface area contributed by atoms with Crippen LogP contribution in [0.5, 0.6) is 0 Å². The average molecular weight is 365 g/mol. The lowest BCUT2D eigenvalue weighted by atomic mass is 9.86. The first-order valence-corrected chi connectivity index (χ1v) is 10.0. The van der Waals surface area contributed by atoms with Crippen LogP contribution in [0, 0.1) is 41.5 Å². The molecule has 4 aromatic rings. The van der Waals surface area contributed by atoms with Gasteiger partial charge in [0.05, 0.1) is 0 Å².